The summed E-state index contributed by atoms with van der Waals surface area (Å²) in [5.74, 6) is -0.161. The van der Waals surface area contributed by atoms with Crippen LogP contribution in [0.4, 0.5) is 0 Å². The number of likely N-dealkylation sites (N-methyl/N-ethyl adjacent to an activating group) is 1. The zero-order valence-corrected chi connectivity index (χ0v) is 10.2. The Hall–Kier alpha value is -1.40. The van der Waals surface area contributed by atoms with Crippen molar-refractivity contribution in [3.05, 3.63) is 18.2 Å². The highest BCUT2D eigenvalue weighted by atomic mass is 16.3. The van der Waals surface area contributed by atoms with Crippen LogP contribution in [-0.4, -0.2) is 57.7 Å². The lowest BCUT2D eigenvalue weighted by Gasteiger charge is -2.27. The van der Waals surface area contributed by atoms with Crippen molar-refractivity contribution < 1.29 is 9.90 Å². The highest BCUT2D eigenvalue weighted by molar-refractivity contribution is 5.91. The first kappa shape index (κ1) is 12.1. The van der Waals surface area contributed by atoms with Crippen molar-refractivity contribution >= 4 is 5.91 Å². The zero-order chi connectivity index (χ0) is 12.5. The standard InChI is InChI=1S/C11H18N4O2/c1-14-5-9(13-8-14)10(16)15(2)7-11(17)3-4-12-6-11/h5,8,12,17H,3-4,6-7H2,1-2H3. The lowest BCUT2D eigenvalue weighted by Crippen LogP contribution is -2.45. The van der Waals surface area contributed by atoms with Crippen molar-refractivity contribution in [2.24, 2.45) is 7.05 Å². The fourth-order valence-corrected chi connectivity index (χ4v) is 2.10. The molecule has 0 saturated carbocycles. The maximum Gasteiger partial charge on any atom is 0.273 e. The van der Waals surface area contributed by atoms with E-state index in [1.54, 1.807) is 24.1 Å². The number of imidazole rings is 1. The Morgan fingerprint density at radius 3 is 3.06 bits per heavy atom. The molecule has 0 aromatic carbocycles. The average molecular weight is 238 g/mol. The Morgan fingerprint density at radius 1 is 1.76 bits per heavy atom. The number of aryl methyl sites for hydroxylation is 1. The van der Waals surface area contributed by atoms with Crippen LogP contribution >= 0.6 is 0 Å². The molecule has 1 fully saturated rings. The number of β-amino-alcohol motifs (C(OH)–C–C–N with tert-alkyl or cyclic N) is 1. The third kappa shape index (κ3) is 2.65. The van der Waals surface area contributed by atoms with Crippen LogP contribution in [0, 0.1) is 0 Å². The normalized spacial score (nSPS) is 23.9. The molecule has 1 aliphatic rings. The van der Waals surface area contributed by atoms with Gasteiger partial charge in [0.15, 0.2) is 0 Å². The number of hydrogen-bond donors (Lipinski definition) is 2. The molecule has 1 aromatic rings. The van der Waals surface area contributed by atoms with Crippen LogP contribution in [0.2, 0.25) is 0 Å². The van der Waals surface area contributed by atoms with E-state index in [9.17, 15) is 9.90 Å². The van der Waals surface area contributed by atoms with Gasteiger partial charge in [0, 0.05) is 26.8 Å². The van der Waals surface area contributed by atoms with Gasteiger partial charge in [-0.2, -0.15) is 0 Å². The third-order valence-electron chi connectivity index (χ3n) is 3.02. The molecular formula is C11H18N4O2. The largest absolute Gasteiger partial charge is 0.387 e. The second kappa shape index (κ2) is 4.46. The zero-order valence-electron chi connectivity index (χ0n) is 10.2. The Labute approximate surface area is 100 Å². The fraction of sp³-hybridized carbons (Fsp3) is 0.636. The first-order chi connectivity index (χ1) is 8.00. The fourth-order valence-electron chi connectivity index (χ4n) is 2.10. The van der Waals surface area contributed by atoms with Crippen LogP contribution in [-0.2, 0) is 7.05 Å². The Balaban J connectivity index is 2.00. The average Bonchev–Trinajstić information content (AvgIpc) is 2.86. The molecule has 0 bridgehead atoms. The predicted octanol–water partition coefficient (Wildman–Crippen LogP) is -0.783. The Kier molecular flexibility index (Phi) is 3.17. The van der Waals surface area contributed by atoms with E-state index in [4.69, 9.17) is 0 Å². The molecule has 17 heavy (non-hydrogen) atoms. The van der Waals surface area contributed by atoms with E-state index in [0.717, 1.165) is 6.54 Å². The summed E-state index contributed by atoms with van der Waals surface area (Å²) in [6.45, 7) is 1.66. The molecule has 2 rings (SSSR count). The lowest BCUT2D eigenvalue weighted by atomic mass is 10.0. The van der Waals surface area contributed by atoms with Gasteiger partial charge < -0.3 is 19.9 Å². The van der Waals surface area contributed by atoms with Crippen LogP contribution in [0.15, 0.2) is 12.5 Å². The van der Waals surface area contributed by atoms with E-state index in [0.29, 0.717) is 25.2 Å². The van der Waals surface area contributed by atoms with E-state index in [1.807, 2.05) is 7.05 Å². The minimum absolute atomic E-state index is 0.161. The molecule has 0 spiro atoms. The summed E-state index contributed by atoms with van der Waals surface area (Å²) in [6, 6.07) is 0. The van der Waals surface area contributed by atoms with Crippen LogP contribution < -0.4 is 5.32 Å². The second-order valence-corrected chi connectivity index (χ2v) is 4.74. The summed E-state index contributed by atoms with van der Waals surface area (Å²) in [5.41, 5.74) is -0.399. The summed E-state index contributed by atoms with van der Waals surface area (Å²) >= 11 is 0. The monoisotopic (exact) mass is 238 g/mol. The Morgan fingerprint density at radius 2 is 2.53 bits per heavy atom. The SMILES string of the molecule is CN(CC1(O)CCNC1)C(=O)c1cn(C)cn1. The first-order valence-electron chi connectivity index (χ1n) is 5.67. The molecule has 1 aliphatic heterocycles. The van der Waals surface area contributed by atoms with E-state index >= 15 is 0 Å². The number of aromatic nitrogens is 2. The van der Waals surface area contributed by atoms with Gasteiger partial charge >= 0.3 is 0 Å². The van der Waals surface area contributed by atoms with Crippen LogP contribution in [0.3, 0.4) is 0 Å². The maximum absolute atomic E-state index is 12.0. The molecule has 1 aromatic heterocycles. The van der Waals surface area contributed by atoms with E-state index < -0.39 is 5.60 Å². The summed E-state index contributed by atoms with van der Waals surface area (Å²) in [4.78, 5) is 17.5. The maximum atomic E-state index is 12.0. The van der Waals surface area contributed by atoms with E-state index in [2.05, 4.69) is 10.3 Å². The van der Waals surface area contributed by atoms with E-state index in [1.165, 1.54) is 4.90 Å². The topological polar surface area (TPSA) is 70.4 Å². The molecule has 2 heterocycles. The van der Waals surface area contributed by atoms with Gasteiger partial charge in [-0.1, -0.05) is 0 Å². The van der Waals surface area contributed by atoms with Crippen molar-refractivity contribution in [3.63, 3.8) is 0 Å². The third-order valence-corrected chi connectivity index (χ3v) is 3.02. The van der Waals surface area contributed by atoms with Gasteiger partial charge in [0.05, 0.1) is 18.5 Å². The van der Waals surface area contributed by atoms with Crippen molar-refractivity contribution in [3.8, 4) is 0 Å². The number of aliphatic hydroxyl groups is 1. The predicted molar refractivity (Wildman–Crippen MR) is 62.6 cm³/mol. The number of nitrogens with one attached hydrogen (secondary N) is 1. The molecule has 0 radical (unpaired) electrons. The Bertz CT molecular complexity index is 409. The first-order valence-corrected chi connectivity index (χ1v) is 5.67. The molecule has 6 heteroatoms. The van der Waals surface area contributed by atoms with Crippen LogP contribution in [0.25, 0.3) is 0 Å². The van der Waals surface area contributed by atoms with Gasteiger partial charge in [0.1, 0.15) is 5.69 Å². The molecule has 94 valence electrons. The summed E-state index contributed by atoms with van der Waals surface area (Å²) in [5, 5.41) is 13.3. The lowest BCUT2D eigenvalue weighted by molar-refractivity contribution is 0.0250. The molecule has 1 saturated heterocycles. The minimum Gasteiger partial charge on any atom is -0.387 e. The molecule has 0 aliphatic carbocycles. The van der Waals surface area contributed by atoms with Gasteiger partial charge in [-0.05, 0) is 13.0 Å². The van der Waals surface area contributed by atoms with Crippen molar-refractivity contribution in [2.45, 2.75) is 12.0 Å². The van der Waals surface area contributed by atoms with Crippen molar-refractivity contribution in [1.82, 2.24) is 19.8 Å². The quantitative estimate of drug-likeness (QED) is 0.724. The number of hydrogen-bond acceptors (Lipinski definition) is 4. The number of nitrogens with zero attached hydrogens (tertiary/aromatic N) is 3. The molecule has 1 atom stereocenters. The molecular weight excluding hydrogens is 220 g/mol. The van der Waals surface area contributed by atoms with Gasteiger partial charge in [-0.15, -0.1) is 0 Å². The highest BCUT2D eigenvalue weighted by Crippen LogP contribution is 2.16. The minimum atomic E-state index is -0.806. The van der Waals surface area contributed by atoms with Gasteiger partial charge in [0.25, 0.3) is 5.91 Å². The summed E-state index contributed by atoms with van der Waals surface area (Å²) in [6.07, 6.45) is 3.94. The van der Waals surface area contributed by atoms with E-state index in [-0.39, 0.29) is 5.91 Å². The highest BCUT2D eigenvalue weighted by Gasteiger charge is 2.33. The van der Waals surface area contributed by atoms with Crippen molar-refractivity contribution in [1.29, 1.82) is 0 Å². The second-order valence-electron chi connectivity index (χ2n) is 4.74. The summed E-state index contributed by atoms with van der Waals surface area (Å²) < 4.78 is 1.73. The number of carbonyl (C=O) groups excluding carboxylic acids is 1. The van der Waals surface area contributed by atoms with Gasteiger partial charge in [-0.25, -0.2) is 4.98 Å². The number of amides is 1. The van der Waals surface area contributed by atoms with Gasteiger partial charge in [0.2, 0.25) is 0 Å². The molecule has 6 nitrogen and oxygen atoms in total. The smallest absolute Gasteiger partial charge is 0.273 e. The molecule has 2 N–H and O–H groups in total. The van der Waals surface area contributed by atoms with Crippen LogP contribution in [0.1, 0.15) is 16.9 Å². The van der Waals surface area contributed by atoms with Gasteiger partial charge in [-0.3, -0.25) is 4.79 Å². The summed E-state index contributed by atoms with van der Waals surface area (Å²) in [7, 11) is 3.51. The molecule has 1 unspecified atom stereocenters. The van der Waals surface area contributed by atoms with Crippen LogP contribution in [0.5, 0.6) is 0 Å². The molecule has 1 amide bonds. The number of carbonyl (C=O) groups is 1. The number of rotatable bonds is 3. The van der Waals surface area contributed by atoms with Crippen molar-refractivity contribution in [2.75, 3.05) is 26.7 Å².